The van der Waals surface area contributed by atoms with Gasteiger partial charge in [-0.3, -0.25) is 0 Å². The lowest BCUT2D eigenvalue weighted by Gasteiger charge is -2.09. The lowest BCUT2D eigenvalue weighted by atomic mass is 10.2. The summed E-state index contributed by atoms with van der Waals surface area (Å²) in [6, 6.07) is 10.0. The van der Waals surface area contributed by atoms with Gasteiger partial charge in [-0.25, -0.2) is 4.79 Å². The minimum Gasteiger partial charge on any atom is -0.493 e. The van der Waals surface area contributed by atoms with Crippen LogP contribution in [0.25, 0.3) is 0 Å². The summed E-state index contributed by atoms with van der Waals surface area (Å²) >= 11 is 5.93. The van der Waals surface area contributed by atoms with Gasteiger partial charge in [0.05, 0.1) is 14.2 Å². The molecular formula is C18H19ClN2O5. The number of methoxy groups -OCH3 is 2. The number of halogens is 1. The molecule has 0 heterocycles. The van der Waals surface area contributed by atoms with Crippen molar-refractivity contribution in [2.45, 2.75) is 6.92 Å². The molecule has 2 aromatic carbocycles. The number of ether oxygens (including phenoxy) is 3. The summed E-state index contributed by atoms with van der Waals surface area (Å²) in [6.45, 7) is 1.52. The molecule has 138 valence electrons. The molecule has 0 saturated carbocycles. The van der Waals surface area contributed by atoms with E-state index >= 15 is 0 Å². The zero-order valence-corrected chi connectivity index (χ0v) is 15.4. The number of hydrogen-bond donors (Lipinski definition) is 1. The smallest absolute Gasteiger partial charge is 0.372 e. The van der Waals surface area contributed by atoms with E-state index in [9.17, 15) is 4.79 Å². The van der Waals surface area contributed by atoms with Crippen LogP contribution in [0.1, 0.15) is 11.1 Å². The summed E-state index contributed by atoms with van der Waals surface area (Å²) in [4.78, 5) is 16.5. The van der Waals surface area contributed by atoms with Gasteiger partial charge in [0.25, 0.3) is 0 Å². The van der Waals surface area contributed by atoms with Crippen molar-refractivity contribution in [2.24, 2.45) is 10.9 Å². The van der Waals surface area contributed by atoms with Gasteiger partial charge in [0.2, 0.25) is 0 Å². The number of nitrogens with zero attached hydrogens (tertiary/aromatic N) is 1. The lowest BCUT2D eigenvalue weighted by Crippen LogP contribution is -2.18. The second-order valence-corrected chi connectivity index (χ2v) is 5.62. The molecule has 2 rings (SSSR count). The van der Waals surface area contributed by atoms with Gasteiger partial charge in [-0.05, 0) is 48.9 Å². The molecule has 0 radical (unpaired) electrons. The predicted molar refractivity (Wildman–Crippen MR) is 98.0 cm³/mol. The highest BCUT2D eigenvalue weighted by Crippen LogP contribution is 2.27. The molecular weight excluding hydrogens is 360 g/mol. The average Bonchev–Trinajstić information content (AvgIpc) is 2.66. The Bertz CT molecular complexity index is 823. The van der Waals surface area contributed by atoms with E-state index in [4.69, 9.17) is 36.4 Å². The standard InChI is InChI=1S/C18H19ClN2O5/c1-11-8-13(5-6-14(11)19)25-10-17(22)26-21-18(20)12-4-7-15(23-2)16(9-12)24-3/h4-9H,10H2,1-3H3,(H2,20,21). The van der Waals surface area contributed by atoms with Crippen molar-refractivity contribution in [3.8, 4) is 17.2 Å². The van der Waals surface area contributed by atoms with Crippen LogP contribution >= 0.6 is 11.6 Å². The van der Waals surface area contributed by atoms with Crippen LogP contribution in [-0.4, -0.2) is 32.6 Å². The quantitative estimate of drug-likeness (QED) is 0.344. The van der Waals surface area contributed by atoms with Crippen molar-refractivity contribution in [3.63, 3.8) is 0 Å². The van der Waals surface area contributed by atoms with E-state index < -0.39 is 5.97 Å². The molecule has 0 fully saturated rings. The van der Waals surface area contributed by atoms with Crippen LogP contribution in [0.15, 0.2) is 41.6 Å². The summed E-state index contributed by atoms with van der Waals surface area (Å²) in [6.07, 6.45) is 0. The van der Waals surface area contributed by atoms with Crippen LogP contribution in [0, 0.1) is 6.92 Å². The van der Waals surface area contributed by atoms with Gasteiger partial charge >= 0.3 is 5.97 Å². The Morgan fingerprint density at radius 2 is 1.85 bits per heavy atom. The van der Waals surface area contributed by atoms with E-state index in [1.54, 1.807) is 36.4 Å². The van der Waals surface area contributed by atoms with Crippen molar-refractivity contribution < 1.29 is 23.8 Å². The summed E-state index contributed by atoms with van der Waals surface area (Å²) in [5.41, 5.74) is 7.18. The molecule has 0 unspecified atom stereocenters. The molecule has 0 bridgehead atoms. The van der Waals surface area contributed by atoms with E-state index in [-0.39, 0.29) is 12.4 Å². The third-order valence-electron chi connectivity index (χ3n) is 3.41. The molecule has 0 aliphatic rings. The maximum absolute atomic E-state index is 11.7. The Morgan fingerprint density at radius 1 is 1.12 bits per heavy atom. The Balaban J connectivity index is 1.95. The highest BCUT2D eigenvalue weighted by atomic mass is 35.5. The number of rotatable bonds is 7. The molecule has 7 nitrogen and oxygen atoms in total. The van der Waals surface area contributed by atoms with E-state index in [1.165, 1.54) is 14.2 Å². The number of nitrogens with two attached hydrogens (primary N) is 1. The topological polar surface area (TPSA) is 92.4 Å². The largest absolute Gasteiger partial charge is 0.493 e. The van der Waals surface area contributed by atoms with Crippen LogP contribution in [0.2, 0.25) is 5.02 Å². The SMILES string of the molecule is COc1ccc(/C(N)=N\OC(=O)COc2ccc(Cl)c(C)c2)cc1OC. The van der Waals surface area contributed by atoms with Crippen molar-refractivity contribution in [3.05, 3.63) is 52.5 Å². The van der Waals surface area contributed by atoms with Crippen LogP contribution in [0.5, 0.6) is 17.2 Å². The third-order valence-corrected chi connectivity index (χ3v) is 3.84. The van der Waals surface area contributed by atoms with Crippen LogP contribution in [-0.2, 0) is 9.63 Å². The average molecular weight is 379 g/mol. The van der Waals surface area contributed by atoms with E-state index in [2.05, 4.69) is 5.16 Å². The second kappa shape index (κ2) is 8.96. The minimum absolute atomic E-state index is 0.0154. The number of benzene rings is 2. The van der Waals surface area contributed by atoms with Crippen molar-refractivity contribution >= 4 is 23.4 Å². The first kappa shape index (κ1) is 19.4. The Morgan fingerprint density at radius 3 is 2.50 bits per heavy atom. The normalized spacial score (nSPS) is 11.0. The van der Waals surface area contributed by atoms with Gasteiger partial charge < -0.3 is 24.8 Å². The van der Waals surface area contributed by atoms with Crippen molar-refractivity contribution in [1.82, 2.24) is 0 Å². The molecule has 8 heteroatoms. The molecule has 0 spiro atoms. The number of amidine groups is 1. The van der Waals surface area contributed by atoms with Crippen LogP contribution in [0.4, 0.5) is 0 Å². The highest BCUT2D eigenvalue weighted by Gasteiger charge is 2.09. The zero-order chi connectivity index (χ0) is 19.1. The van der Waals surface area contributed by atoms with Gasteiger partial charge in [-0.2, -0.15) is 0 Å². The zero-order valence-electron chi connectivity index (χ0n) is 14.6. The molecule has 0 amide bonds. The summed E-state index contributed by atoms with van der Waals surface area (Å²) in [5, 5.41) is 4.23. The van der Waals surface area contributed by atoms with Crippen molar-refractivity contribution in [2.75, 3.05) is 20.8 Å². The highest BCUT2D eigenvalue weighted by molar-refractivity contribution is 6.31. The molecule has 0 aliphatic carbocycles. The predicted octanol–water partition coefficient (Wildman–Crippen LogP) is 2.91. The number of hydrogen-bond acceptors (Lipinski definition) is 6. The molecule has 2 aromatic rings. The fourth-order valence-electron chi connectivity index (χ4n) is 2.02. The fourth-order valence-corrected chi connectivity index (χ4v) is 2.14. The first-order chi connectivity index (χ1) is 12.4. The Labute approximate surface area is 156 Å². The maximum Gasteiger partial charge on any atom is 0.372 e. The van der Waals surface area contributed by atoms with Crippen LogP contribution < -0.4 is 19.9 Å². The maximum atomic E-state index is 11.7. The van der Waals surface area contributed by atoms with Gasteiger partial charge in [-0.1, -0.05) is 16.8 Å². The number of oxime groups is 1. The fraction of sp³-hybridized carbons (Fsp3) is 0.222. The Hall–Kier alpha value is -2.93. The molecule has 2 N–H and O–H groups in total. The molecule has 26 heavy (non-hydrogen) atoms. The van der Waals surface area contributed by atoms with Gasteiger partial charge in [0.15, 0.2) is 23.9 Å². The van der Waals surface area contributed by atoms with E-state index in [0.29, 0.717) is 27.8 Å². The third kappa shape index (κ3) is 5.03. The van der Waals surface area contributed by atoms with Gasteiger partial charge in [0.1, 0.15) is 5.75 Å². The number of aryl methyl sites for hydroxylation is 1. The van der Waals surface area contributed by atoms with Crippen LogP contribution in [0.3, 0.4) is 0 Å². The van der Waals surface area contributed by atoms with Crippen molar-refractivity contribution in [1.29, 1.82) is 0 Å². The lowest BCUT2D eigenvalue weighted by molar-refractivity contribution is -0.146. The van der Waals surface area contributed by atoms with E-state index in [1.807, 2.05) is 6.92 Å². The summed E-state index contributed by atoms with van der Waals surface area (Å²) in [7, 11) is 3.03. The monoisotopic (exact) mass is 378 g/mol. The molecule has 0 saturated heterocycles. The van der Waals surface area contributed by atoms with Gasteiger partial charge in [0, 0.05) is 10.6 Å². The first-order valence-corrected chi connectivity index (χ1v) is 7.97. The molecule has 0 atom stereocenters. The second-order valence-electron chi connectivity index (χ2n) is 5.21. The summed E-state index contributed by atoms with van der Waals surface area (Å²) in [5.74, 6) is 0.854. The minimum atomic E-state index is -0.693. The molecule has 0 aliphatic heterocycles. The first-order valence-electron chi connectivity index (χ1n) is 7.59. The number of carbonyl (C=O) groups is 1. The van der Waals surface area contributed by atoms with E-state index in [0.717, 1.165) is 5.56 Å². The number of carbonyl (C=O) groups excluding carboxylic acids is 1. The summed E-state index contributed by atoms with van der Waals surface area (Å²) < 4.78 is 15.7. The molecule has 0 aromatic heterocycles. The Kier molecular flexibility index (Phi) is 6.68. The van der Waals surface area contributed by atoms with Gasteiger partial charge in [-0.15, -0.1) is 0 Å².